The van der Waals surface area contributed by atoms with Crippen LogP contribution < -0.4 is 0 Å². The minimum atomic E-state index is -0.0116. The molecule has 6 nitrogen and oxygen atoms in total. The Morgan fingerprint density at radius 3 is 2.72 bits per heavy atom. The number of aliphatic hydroxyl groups is 1. The minimum Gasteiger partial charge on any atom is -0.390 e. The Labute approximate surface area is 154 Å². The van der Waals surface area contributed by atoms with E-state index in [0.29, 0.717) is 6.61 Å². The summed E-state index contributed by atoms with van der Waals surface area (Å²) in [7, 11) is 0. The molecule has 0 atom stereocenters. The number of morpholine rings is 1. The first-order valence-electron chi connectivity index (χ1n) is 8.95. The molecule has 7 heteroatoms. The van der Waals surface area contributed by atoms with Crippen LogP contribution in [0.3, 0.4) is 0 Å². The number of aromatic nitrogens is 1. The molecule has 1 aromatic heterocycles. The minimum absolute atomic E-state index is 0.0116. The molecule has 2 rings (SSSR count). The molecule has 1 aliphatic rings. The van der Waals surface area contributed by atoms with E-state index in [1.54, 1.807) is 18.0 Å². The summed E-state index contributed by atoms with van der Waals surface area (Å²) in [6, 6.07) is 1.99. The SMILES string of the molecule is Cc1c(SCCOCCCOCCN2CCOCC2)ccnc1CO. The molecule has 0 amide bonds. The summed E-state index contributed by atoms with van der Waals surface area (Å²) < 4.78 is 16.6. The Balaban J connectivity index is 1.42. The van der Waals surface area contributed by atoms with Gasteiger partial charge in [0.1, 0.15) is 0 Å². The second kappa shape index (κ2) is 12.6. The van der Waals surface area contributed by atoms with Crippen molar-refractivity contribution in [2.75, 3.05) is 65.0 Å². The lowest BCUT2D eigenvalue weighted by Gasteiger charge is -2.26. The first-order valence-corrected chi connectivity index (χ1v) is 9.93. The molecule has 0 radical (unpaired) electrons. The van der Waals surface area contributed by atoms with E-state index in [9.17, 15) is 5.11 Å². The van der Waals surface area contributed by atoms with Crippen LogP contribution in [0.25, 0.3) is 0 Å². The average molecular weight is 371 g/mol. The lowest BCUT2D eigenvalue weighted by atomic mass is 10.2. The fourth-order valence-electron chi connectivity index (χ4n) is 2.57. The summed E-state index contributed by atoms with van der Waals surface area (Å²) >= 11 is 1.74. The third-order valence-corrected chi connectivity index (χ3v) is 5.25. The van der Waals surface area contributed by atoms with Crippen molar-refractivity contribution in [2.45, 2.75) is 24.8 Å². The van der Waals surface area contributed by atoms with Crippen LogP contribution in [0.1, 0.15) is 17.7 Å². The van der Waals surface area contributed by atoms with Crippen LogP contribution in [-0.4, -0.2) is 80.0 Å². The Morgan fingerprint density at radius 2 is 1.96 bits per heavy atom. The zero-order valence-corrected chi connectivity index (χ0v) is 15.9. The van der Waals surface area contributed by atoms with Gasteiger partial charge in [0.2, 0.25) is 0 Å². The zero-order chi connectivity index (χ0) is 17.7. The largest absolute Gasteiger partial charge is 0.390 e. The van der Waals surface area contributed by atoms with Crippen molar-refractivity contribution < 1.29 is 19.3 Å². The third kappa shape index (κ3) is 8.02. The number of rotatable bonds is 12. The number of aliphatic hydroxyl groups excluding tert-OH is 1. The molecule has 0 spiro atoms. The van der Waals surface area contributed by atoms with Crippen LogP contribution in [0, 0.1) is 6.92 Å². The lowest BCUT2D eigenvalue weighted by Crippen LogP contribution is -2.38. The zero-order valence-electron chi connectivity index (χ0n) is 15.1. The maximum absolute atomic E-state index is 9.23. The maximum atomic E-state index is 9.23. The molecule has 25 heavy (non-hydrogen) atoms. The predicted molar refractivity (Wildman–Crippen MR) is 99.1 cm³/mol. The van der Waals surface area contributed by atoms with Gasteiger partial charge in [-0.2, -0.15) is 0 Å². The molecular weight excluding hydrogens is 340 g/mol. The molecular formula is C18H30N2O4S. The fourth-order valence-corrected chi connectivity index (χ4v) is 3.48. The number of pyridine rings is 1. The third-order valence-electron chi connectivity index (χ3n) is 4.13. The predicted octanol–water partition coefficient (Wildman–Crippen LogP) is 1.73. The molecule has 142 valence electrons. The Morgan fingerprint density at radius 1 is 1.20 bits per heavy atom. The fraction of sp³-hybridized carbons (Fsp3) is 0.722. The van der Waals surface area contributed by atoms with Gasteiger partial charge < -0.3 is 19.3 Å². The van der Waals surface area contributed by atoms with Gasteiger partial charge in [0.25, 0.3) is 0 Å². The summed E-state index contributed by atoms with van der Waals surface area (Å²) in [6.07, 6.45) is 2.67. The summed E-state index contributed by atoms with van der Waals surface area (Å²) in [6.45, 7) is 9.66. The number of hydrogen-bond acceptors (Lipinski definition) is 7. The lowest BCUT2D eigenvalue weighted by molar-refractivity contribution is 0.0176. The van der Waals surface area contributed by atoms with Gasteiger partial charge in [-0.3, -0.25) is 9.88 Å². The average Bonchev–Trinajstić information content (AvgIpc) is 2.65. The molecule has 0 bridgehead atoms. The Kier molecular flexibility index (Phi) is 10.4. The van der Waals surface area contributed by atoms with Crippen LogP contribution >= 0.6 is 11.8 Å². The van der Waals surface area contributed by atoms with Crippen LogP contribution in [0.15, 0.2) is 17.2 Å². The first-order chi connectivity index (χ1) is 12.3. The monoisotopic (exact) mass is 370 g/mol. The van der Waals surface area contributed by atoms with E-state index < -0.39 is 0 Å². The van der Waals surface area contributed by atoms with Crippen molar-refractivity contribution in [3.63, 3.8) is 0 Å². The van der Waals surface area contributed by atoms with E-state index >= 15 is 0 Å². The molecule has 1 aromatic rings. The van der Waals surface area contributed by atoms with Crippen molar-refractivity contribution in [3.8, 4) is 0 Å². The van der Waals surface area contributed by atoms with Crippen molar-refractivity contribution in [1.29, 1.82) is 0 Å². The second-order valence-corrected chi connectivity index (χ2v) is 7.06. The highest BCUT2D eigenvalue weighted by molar-refractivity contribution is 7.99. The summed E-state index contributed by atoms with van der Waals surface area (Å²) in [5, 5.41) is 9.23. The maximum Gasteiger partial charge on any atom is 0.0856 e. The van der Waals surface area contributed by atoms with Crippen molar-refractivity contribution in [1.82, 2.24) is 9.88 Å². The number of hydrogen-bond donors (Lipinski definition) is 1. The van der Waals surface area contributed by atoms with E-state index in [0.717, 1.165) is 81.0 Å². The number of nitrogens with zero attached hydrogens (tertiary/aromatic N) is 2. The molecule has 1 saturated heterocycles. The molecule has 2 heterocycles. The number of ether oxygens (including phenoxy) is 3. The van der Waals surface area contributed by atoms with Gasteiger partial charge in [-0.25, -0.2) is 0 Å². The Hall–Kier alpha value is -0.700. The van der Waals surface area contributed by atoms with Gasteiger partial charge in [-0.05, 0) is 25.0 Å². The quantitative estimate of drug-likeness (QED) is 0.444. The number of thioether (sulfide) groups is 1. The molecule has 0 saturated carbocycles. The highest BCUT2D eigenvalue weighted by atomic mass is 32.2. The Bertz CT molecular complexity index is 484. The van der Waals surface area contributed by atoms with Crippen LogP contribution in [0.5, 0.6) is 0 Å². The van der Waals surface area contributed by atoms with Gasteiger partial charge in [-0.1, -0.05) is 0 Å². The van der Waals surface area contributed by atoms with E-state index in [2.05, 4.69) is 9.88 Å². The van der Waals surface area contributed by atoms with Gasteiger partial charge in [-0.15, -0.1) is 11.8 Å². The normalized spacial score (nSPS) is 15.6. The molecule has 0 aromatic carbocycles. The van der Waals surface area contributed by atoms with Crippen molar-refractivity contribution in [2.24, 2.45) is 0 Å². The summed E-state index contributed by atoms with van der Waals surface area (Å²) in [5.74, 6) is 0.896. The van der Waals surface area contributed by atoms with E-state index in [1.807, 2.05) is 13.0 Å². The highest BCUT2D eigenvalue weighted by Crippen LogP contribution is 2.23. The standard InChI is InChI=1S/C18H30N2O4S/c1-16-17(15-21)19-4-3-18(16)25-14-13-23-9-2-8-22-10-5-20-6-11-24-12-7-20/h3-4,21H,2,5-15H2,1H3. The van der Waals surface area contributed by atoms with Crippen LogP contribution in [0.2, 0.25) is 0 Å². The van der Waals surface area contributed by atoms with E-state index in [4.69, 9.17) is 14.2 Å². The van der Waals surface area contributed by atoms with Crippen molar-refractivity contribution in [3.05, 3.63) is 23.5 Å². The van der Waals surface area contributed by atoms with E-state index in [-0.39, 0.29) is 6.61 Å². The van der Waals surface area contributed by atoms with Crippen LogP contribution in [0.4, 0.5) is 0 Å². The van der Waals surface area contributed by atoms with E-state index in [1.165, 1.54) is 0 Å². The first kappa shape index (κ1) is 20.6. The topological polar surface area (TPSA) is 64.1 Å². The van der Waals surface area contributed by atoms with Gasteiger partial charge in [0.15, 0.2) is 0 Å². The second-order valence-electron chi connectivity index (χ2n) is 5.92. The molecule has 0 aliphatic carbocycles. The highest BCUT2D eigenvalue weighted by Gasteiger charge is 2.09. The van der Waals surface area contributed by atoms with Gasteiger partial charge in [0, 0.05) is 49.7 Å². The van der Waals surface area contributed by atoms with Crippen LogP contribution in [-0.2, 0) is 20.8 Å². The molecule has 1 aliphatic heterocycles. The molecule has 1 N–H and O–H groups in total. The molecule has 0 unspecified atom stereocenters. The molecule has 1 fully saturated rings. The van der Waals surface area contributed by atoms with Crippen molar-refractivity contribution >= 4 is 11.8 Å². The van der Waals surface area contributed by atoms with Gasteiger partial charge >= 0.3 is 0 Å². The summed E-state index contributed by atoms with van der Waals surface area (Å²) in [4.78, 5) is 7.70. The smallest absolute Gasteiger partial charge is 0.0856 e. The van der Waals surface area contributed by atoms with Gasteiger partial charge in [0.05, 0.1) is 38.7 Å². The summed E-state index contributed by atoms with van der Waals surface area (Å²) in [5.41, 5.74) is 1.81.